The first-order chi connectivity index (χ1) is 31.8. The summed E-state index contributed by atoms with van der Waals surface area (Å²) in [6.07, 6.45) is 4.69. The topological polar surface area (TPSA) is 19.6 Å². The summed E-state index contributed by atoms with van der Waals surface area (Å²) in [6, 6.07) is 38.9. The molecule has 4 aliphatic rings. The first-order valence-electron chi connectivity index (χ1n) is 25.5. The van der Waals surface area contributed by atoms with Gasteiger partial charge in [0.15, 0.2) is 0 Å². The van der Waals surface area contributed by atoms with E-state index in [4.69, 9.17) is 4.42 Å². The van der Waals surface area contributed by atoms with Gasteiger partial charge in [-0.1, -0.05) is 127 Å². The van der Waals surface area contributed by atoms with Gasteiger partial charge >= 0.3 is 0 Å². The van der Waals surface area contributed by atoms with E-state index in [2.05, 4.69) is 211 Å². The SMILES string of the molecule is Cc1cc2c3c(c1)N(c1cccc4sc5ccc(C(C)(C)C)cc5c14)c1c(oc4ccc(C(C)(C)C)cc14)B3c1cc3c(cc1N2c1ccc2c(c1)C(C)(C)CCC2(C)C)C(C)(C)CCC3(C)C. The van der Waals surface area contributed by atoms with Crippen molar-refractivity contribution in [1.82, 2.24) is 0 Å². The number of aryl methyl sites for hydroxylation is 1. The lowest BCUT2D eigenvalue weighted by molar-refractivity contribution is 0.332. The van der Waals surface area contributed by atoms with Crippen molar-refractivity contribution in [3.05, 3.63) is 136 Å². The lowest BCUT2D eigenvalue weighted by atomic mass is 9.35. The molecule has 12 rings (SSSR count). The Hall–Kier alpha value is -5.26. The van der Waals surface area contributed by atoms with E-state index in [0.717, 1.165) is 24.1 Å². The molecule has 346 valence electrons. The number of benzene rings is 6. The fraction of sp³-hybridized carbons (Fsp3) is 0.397. The molecule has 0 unspecified atom stereocenters. The maximum atomic E-state index is 7.54. The van der Waals surface area contributed by atoms with E-state index in [1.807, 2.05) is 11.3 Å². The predicted octanol–water partition coefficient (Wildman–Crippen LogP) is 16.5. The van der Waals surface area contributed by atoms with Gasteiger partial charge in [-0.05, 0) is 182 Å². The van der Waals surface area contributed by atoms with Crippen LogP contribution >= 0.6 is 11.3 Å². The summed E-state index contributed by atoms with van der Waals surface area (Å²) < 4.78 is 10.2. The van der Waals surface area contributed by atoms with Crippen molar-refractivity contribution in [2.75, 3.05) is 9.80 Å². The minimum absolute atomic E-state index is 0.0180. The van der Waals surface area contributed by atoms with Gasteiger partial charge in [-0.3, -0.25) is 0 Å². The molecule has 2 aromatic heterocycles. The average molecular weight is 913 g/mol. The molecule has 8 aromatic rings. The van der Waals surface area contributed by atoms with Crippen molar-refractivity contribution in [2.45, 2.75) is 162 Å². The summed E-state index contributed by atoms with van der Waals surface area (Å²) in [6.45, 7) is 35.9. The molecule has 6 aromatic carbocycles. The fourth-order valence-electron chi connectivity index (χ4n) is 12.8. The Morgan fingerprint density at radius 1 is 0.529 bits per heavy atom. The third-order valence-electron chi connectivity index (χ3n) is 17.3. The van der Waals surface area contributed by atoms with Crippen LogP contribution in [0.25, 0.3) is 31.1 Å². The third kappa shape index (κ3) is 6.28. The summed E-state index contributed by atoms with van der Waals surface area (Å²) in [4.78, 5) is 5.31. The number of hydrogen-bond donors (Lipinski definition) is 0. The highest BCUT2D eigenvalue weighted by Gasteiger charge is 2.50. The van der Waals surface area contributed by atoms with E-state index in [1.54, 1.807) is 0 Å². The molecule has 0 saturated heterocycles. The van der Waals surface area contributed by atoms with Gasteiger partial charge in [0.25, 0.3) is 6.71 Å². The molecule has 2 aliphatic carbocycles. The largest absolute Gasteiger partial charge is 0.468 e. The van der Waals surface area contributed by atoms with Crippen LogP contribution in [-0.2, 0) is 32.5 Å². The van der Waals surface area contributed by atoms with Crippen molar-refractivity contribution in [1.29, 1.82) is 0 Å². The molecule has 0 N–H and O–H groups in total. The normalized spacial score (nSPS) is 18.7. The van der Waals surface area contributed by atoms with Gasteiger partial charge < -0.3 is 14.2 Å². The van der Waals surface area contributed by atoms with Crippen molar-refractivity contribution >= 4 is 99.9 Å². The molecule has 5 heteroatoms. The van der Waals surface area contributed by atoms with Crippen LogP contribution in [0.4, 0.5) is 34.1 Å². The molecular formula is C63H69BN2OS. The zero-order valence-corrected chi connectivity index (χ0v) is 44.2. The smallest absolute Gasteiger partial charge is 0.297 e. The highest BCUT2D eigenvalue weighted by Crippen LogP contribution is 2.55. The van der Waals surface area contributed by atoms with E-state index >= 15 is 0 Å². The second-order valence-corrected chi connectivity index (χ2v) is 27.1. The van der Waals surface area contributed by atoms with Crippen LogP contribution in [0.3, 0.4) is 0 Å². The second-order valence-electron chi connectivity index (χ2n) is 26.0. The molecule has 0 amide bonds. The molecule has 0 radical (unpaired) electrons. The number of thiophene rings is 1. The van der Waals surface area contributed by atoms with E-state index in [-0.39, 0.29) is 39.2 Å². The predicted molar refractivity (Wildman–Crippen MR) is 296 cm³/mol. The Kier molecular flexibility index (Phi) is 9.03. The van der Waals surface area contributed by atoms with E-state index in [1.165, 1.54) is 122 Å². The molecular weight excluding hydrogens is 844 g/mol. The minimum atomic E-state index is -0.117. The van der Waals surface area contributed by atoms with Gasteiger partial charge in [0, 0.05) is 48.3 Å². The number of fused-ring (bicyclic) bond motifs is 11. The molecule has 0 spiro atoms. The summed E-state index contributed by atoms with van der Waals surface area (Å²) >= 11 is 1.91. The van der Waals surface area contributed by atoms with Crippen molar-refractivity contribution in [3.8, 4) is 0 Å². The number of rotatable bonds is 2. The van der Waals surface area contributed by atoms with Crippen LogP contribution in [0.5, 0.6) is 0 Å². The van der Waals surface area contributed by atoms with Crippen molar-refractivity contribution in [2.24, 2.45) is 0 Å². The molecule has 4 heterocycles. The standard InChI is InChI=1S/C63H69BN2OS/c1-36-29-49-55-50(30-36)66(47-17-16-18-53-54(47)41-32-38(59(5,6)7)20-24-52(41)68-53)56-40-31-37(58(2,3)4)19-23-51(40)67-57(56)64(55)46-34-44-45(63(14,15)28-27-62(44,12)13)35-48(46)65(49)39-21-22-42-43(33-39)61(10,11)26-25-60(42,8)9/h16-24,29-35H,25-28H2,1-15H3. The number of hydrogen-bond acceptors (Lipinski definition) is 4. The summed E-state index contributed by atoms with van der Waals surface area (Å²) in [5.41, 5.74) is 22.1. The Bertz CT molecular complexity index is 3470. The third-order valence-corrected chi connectivity index (χ3v) is 18.5. The van der Waals surface area contributed by atoms with Gasteiger partial charge in [0.2, 0.25) is 0 Å². The maximum Gasteiger partial charge on any atom is 0.297 e. The van der Waals surface area contributed by atoms with Crippen LogP contribution in [0.1, 0.15) is 162 Å². The van der Waals surface area contributed by atoms with Crippen molar-refractivity contribution < 1.29 is 4.42 Å². The Labute approximate surface area is 410 Å². The molecule has 0 atom stereocenters. The summed E-state index contributed by atoms with van der Waals surface area (Å²) in [7, 11) is 0. The second kappa shape index (κ2) is 14.0. The monoisotopic (exact) mass is 913 g/mol. The molecule has 68 heavy (non-hydrogen) atoms. The fourth-order valence-corrected chi connectivity index (χ4v) is 14.0. The maximum absolute atomic E-state index is 7.54. The van der Waals surface area contributed by atoms with Gasteiger partial charge in [0.05, 0.1) is 17.0 Å². The van der Waals surface area contributed by atoms with Crippen molar-refractivity contribution in [3.63, 3.8) is 0 Å². The summed E-state index contributed by atoms with van der Waals surface area (Å²) in [5, 5.41) is 3.81. The molecule has 3 nitrogen and oxygen atoms in total. The lowest BCUT2D eigenvalue weighted by Gasteiger charge is -2.47. The average Bonchev–Trinajstić information content (AvgIpc) is 3.84. The van der Waals surface area contributed by atoms with Crippen LogP contribution in [0.15, 0.2) is 101 Å². The zero-order valence-electron chi connectivity index (χ0n) is 43.4. The molecule has 2 aliphatic heterocycles. The van der Waals surface area contributed by atoms with Crippen LogP contribution < -0.4 is 26.4 Å². The van der Waals surface area contributed by atoms with Gasteiger partial charge in [-0.15, -0.1) is 11.3 Å². The van der Waals surface area contributed by atoms with Crippen LogP contribution in [0, 0.1) is 6.92 Å². The minimum Gasteiger partial charge on any atom is -0.468 e. The highest BCUT2D eigenvalue weighted by molar-refractivity contribution is 7.26. The Balaban J connectivity index is 1.23. The first-order valence-corrected chi connectivity index (χ1v) is 26.3. The van der Waals surface area contributed by atoms with Gasteiger partial charge in [-0.2, -0.15) is 0 Å². The Morgan fingerprint density at radius 2 is 1.10 bits per heavy atom. The quantitative estimate of drug-likeness (QED) is 0.161. The molecule has 0 bridgehead atoms. The summed E-state index contributed by atoms with van der Waals surface area (Å²) in [5.74, 6) is 0. The highest BCUT2D eigenvalue weighted by atomic mass is 32.1. The lowest BCUT2D eigenvalue weighted by Crippen LogP contribution is -2.61. The number of nitrogens with zero attached hydrogens (tertiary/aromatic N) is 2. The molecule has 0 fully saturated rings. The number of furan rings is 1. The zero-order chi connectivity index (χ0) is 48.0. The Morgan fingerprint density at radius 3 is 1.75 bits per heavy atom. The van der Waals surface area contributed by atoms with Crippen LogP contribution in [0.2, 0.25) is 0 Å². The van der Waals surface area contributed by atoms with Gasteiger partial charge in [0.1, 0.15) is 5.58 Å². The first kappa shape index (κ1) is 44.0. The van der Waals surface area contributed by atoms with E-state index < -0.39 is 0 Å². The van der Waals surface area contributed by atoms with E-state index in [9.17, 15) is 0 Å². The number of anilines is 6. The van der Waals surface area contributed by atoms with E-state index in [0.29, 0.717) is 0 Å². The molecule has 0 saturated carbocycles. The van der Waals surface area contributed by atoms with Crippen LogP contribution in [-0.4, -0.2) is 6.71 Å². The van der Waals surface area contributed by atoms with Gasteiger partial charge in [-0.25, -0.2) is 0 Å².